The topological polar surface area (TPSA) is 93.2 Å². The minimum Gasteiger partial charge on any atom is -0.457 e. The van der Waals surface area contributed by atoms with E-state index >= 15 is 0 Å². The van der Waals surface area contributed by atoms with Crippen molar-refractivity contribution in [1.29, 1.82) is 0 Å². The number of para-hydroxylation sites is 1. The lowest BCUT2D eigenvalue weighted by molar-refractivity contribution is 0.0715. The number of imide groups is 2. The molecule has 0 aliphatic carbocycles. The van der Waals surface area contributed by atoms with E-state index in [0.29, 0.717) is 45.4 Å². The van der Waals surface area contributed by atoms with Gasteiger partial charge in [-0.25, -0.2) is 4.90 Å². The molecule has 0 saturated heterocycles. The number of benzene rings is 5. The van der Waals surface area contributed by atoms with Crippen LogP contribution in [0.3, 0.4) is 0 Å². The molecule has 1 radical (unpaired) electrons. The number of rotatable bonds is 7. The Hall–Kier alpha value is -6.02. The van der Waals surface area contributed by atoms with Crippen LogP contribution in [0, 0.1) is 7.05 Å². The molecule has 2 aliphatic rings. The number of ether oxygens (including phenoxy) is 2. The van der Waals surface area contributed by atoms with Crippen LogP contribution in [0.25, 0.3) is 0 Å². The predicted octanol–water partition coefficient (Wildman–Crippen LogP) is 7.79. The van der Waals surface area contributed by atoms with Gasteiger partial charge in [0.1, 0.15) is 23.0 Å². The summed E-state index contributed by atoms with van der Waals surface area (Å²) < 4.78 is 12.1. The molecule has 7 rings (SSSR count). The first-order valence-corrected chi connectivity index (χ1v) is 14.6. The third-order valence-corrected chi connectivity index (χ3v) is 8.44. The Morgan fingerprint density at radius 3 is 1.43 bits per heavy atom. The Morgan fingerprint density at radius 2 is 0.913 bits per heavy atom. The van der Waals surface area contributed by atoms with Crippen LogP contribution in [-0.2, 0) is 5.41 Å². The Bertz CT molecular complexity index is 2050. The van der Waals surface area contributed by atoms with Gasteiger partial charge in [0.25, 0.3) is 23.6 Å². The smallest absolute Gasteiger partial charge is 0.266 e. The van der Waals surface area contributed by atoms with Crippen LogP contribution < -0.4 is 14.4 Å². The molecule has 0 saturated carbocycles. The van der Waals surface area contributed by atoms with Gasteiger partial charge in [-0.05, 0) is 83.9 Å². The van der Waals surface area contributed by atoms with Gasteiger partial charge in [0, 0.05) is 12.5 Å². The quantitative estimate of drug-likeness (QED) is 0.175. The number of nitrogens with zero attached hydrogens (tertiary/aromatic N) is 2. The number of anilines is 1. The maximum atomic E-state index is 13.1. The van der Waals surface area contributed by atoms with E-state index in [4.69, 9.17) is 9.47 Å². The highest BCUT2D eigenvalue weighted by Crippen LogP contribution is 2.36. The van der Waals surface area contributed by atoms with Crippen LogP contribution in [0.4, 0.5) is 5.69 Å². The van der Waals surface area contributed by atoms with Gasteiger partial charge in [-0.3, -0.25) is 24.1 Å². The van der Waals surface area contributed by atoms with Gasteiger partial charge in [-0.1, -0.05) is 56.3 Å². The zero-order chi connectivity index (χ0) is 32.2. The van der Waals surface area contributed by atoms with Crippen LogP contribution >= 0.6 is 0 Å². The fraction of sp³-hybridized carbons (Fsp3) is 0.0789. The van der Waals surface area contributed by atoms with E-state index in [-0.39, 0.29) is 22.8 Å². The molecule has 0 spiro atoms. The normalized spacial score (nSPS) is 14.1. The average molecular weight is 608 g/mol. The lowest BCUT2D eigenvalue weighted by Crippen LogP contribution is -2.29. The summed E-state index contributed by atoms with van der Waals surface area (Å²) >= 11 is 0. The van der Waals surface area contributed by atoms with Crippen LogP contribution in [0.5, 0.6) is 23.0 Å². The third kappa shape index (κ3) is 4.80. The van der Waals surface area contributed by atoms with E-state index in [1.165, 1.54) is 4.90 Å². The largest absolute Gasteiger partial charge is 0.457 e. The first kappa shape index (κ1) is 28.7. The molecule has 0 aromatic heterocycles. The zero-order valence-corrected chi connectivity index (χ0v) is 25.0. The maximum Gasteiger partial charge on any atom is 0.266 e. The van der Waals surface area contributed by atoms with E-state index in [1.54, 1.807) is 60.7 Å². The van der Waals surface area contributed by atoms with E-state index in [0.717, 1.165) is 16.0 Å². The van der Waals surface area contributed by atoms with Gasteiger partial charge in [-0.2, -0.15) is 0 Å². The molecule has 0 fully saturated rings. The monoisotopic (exact) mass is 607 g/mol. The summed E-state index contributed by atoms with van der Waals surface area (Å²) in [5, 5.41) is 0. The van der Waals surface area contributed by atoms with Crippen molar-refractivity contribution in [2.45, 2.75) is 19.3 Å². The number of amides is 4. The summed E-state index contributed by atoms with van der Waals surface area (Å²) in [7, 11) is 3.50. The second kappa shape index (κ2) is 10.9. The minimum absolute atomic E-state index is 0.275. The molecule has 5 aromatic rings. The summed E-state index contributed by atoms with van der Waals surface area (Å²) in [6, 6.07) is 34.0. The Balaban J connectivity index is 1.04. The third-order valence-electron chi connectivity index (χ3n) is 8.44. The van der Waals surface area contributed by atoms with Gasteiger partial charge >= 0.3 is 0 Å². The van der Waals surface area contributed by atoms with E-state index < -0.39 is 11.8 Å². The van der Waals surface area contributed by atoms with Crippen molar-refractivity contribution in [2.24, 2.45) is 0 Å². The first-order chi connectivity index (χ1) is 22.1. The Kier molecular flexibility index (Phi) is 6.78. The molecule has 0 bridgehead atoms. The van der Waals surface area contributed by atoms with Gasteiger partial charge in [0.2, 0.25) is 0 Å². The molecule has 0 atom stereocenters. The van der Waals surface area contributed by atoms with Gasteiger partial charge in [0.05, 0.1) is 27.9 Å². The first-order valence-electron chi connectivity index (χ1n) is 14.6. The van der Waals surface area contributed by atoms with Gasteiger partial charge in [-0.15, -0.1) is 0 Å². The van der Waals surface area contributed by atoms with Gasteiger partial charge in [0.15, 0.2) is 0 Å². The van der Waals surface area contributed by atoms with Crippen LogP contribution in [0.1, 0.15) is 66.4 Å². The molecule has 5 aromatic carbocycles. The number of hydrogen-bond donors (Lipinski definition) is 0. The second-order valence-corrected chi connectivity index (χ2v) is 11.6. The molecule has 2 aliphatic heterocycles. The fourth-order valence-electron chi connectivity index (χ4n) is 5.75. The highest BCUT2D eigenvalue weighted by Gasteiger charge is 2.37. The van der Waals surface area contributed by atoms with Crippen molar-refractivity contribution in [3.63, 3.8) is 0 Å². The fourth-order valence-corrected chi connectivity index (χ4v) is 5.75. The molecule has 2 heterocycles. The molecule has 225 valence electrons. The lowest BCUT2D eigenvalue weighted by Gasteiger charge is -2.26. The highest BCUT2D eigenvalue weighted by molar-refractivity contribution is 6.34. The minimum atomic E-state index is -0.451. The van der Waals surface area contributed by atoms with E-state index in [1.807, 2.05) is 54.6 Å². The molecule has 8 heteroatoms. The summed E-state index contributed by atoms with van der Waals surface area (Å²) in [6.45, 7) is 4.24. The summed E-state index contributed by atoms with van der Waals surface area (Å²) in [4.78, 5) is 52.5. The molecule has 0 N–H and O–H groups in total. The number of carbonyl (C=O) groups excluding carboxylic acids is 4. The molecule has 0 unspecified atom stereocenters. The standard InChI is InChI=1S/C38H27N2O6/c1-38(2,23-9-13-26(14-10-23)45-28-17-19-30-32(21-28)35(42)39(3)34(30)41)24-11-15-27(16-12-24)46-29-18-20-31-33(22-29)37(44)40(36(31)43)25-7-5-4-6-8-25/h4-22H,3H2,1-2H3. The molecule has 4 amide bonds. The SMILES string of the molecule is [CH2]N1C(=O)c2ccc(Oc3ccc(C(C)(C)c4ccc(Oc5ccc6c(c5)C(=O)N(c5ccccc5)C6=O)cc4)cc3)cc2C1=O. The summed E-state index contributed by atoms with van der Waals surface area (Å²) in [6.07, 6.45) is 0. The molecular weight excluding hydrogens is 580 g/mol. The van der Waals surface area contributed by atoms with E-state index in [2.05, 4.69) is 20.9 Å². The Labute approximate surface area is 265 Å². The molecule has 46 heavy (non-hydrogen) atoms. The van der Waals surface area contributed by atoms with Crippen LogP contribution in [0.2, 0.25) is 0 Å². The number of fused-ring (bicyclic) bond motifs is 2. The van der Waals surface area contributed by atoms with Crippen molar-refractivity contribution in [3.8, 4) is 23.0 Å². The second-order valence-electron chi connectivity index (χ2n) is 11.6. The van der Waals surface area contributed by atoms with Crippen molar-refractivity contribution < 1.29 is 28.7 Å². The van der Waals surface area contributed by atoms with Crippen molar-refractivity contribution in [1.82, 2.24) is 4.90 Å². The average Bonchev–Trinajstić information content (AvgIpc) is 3.44. The van der Waals surface area contributed by atoms with Crippen LogP contribution in [0.15, 0.2) is 115 Å². The van der Waals surface area contributed by atoms with Crippen molar-refractivity contribution in [3.05, 3.63) is 156 Å². The number of carbonyl (C=O) groups is 4. The van der Waals surface area contributed by atoms with Crippen LogP contribution in [-0.4, -0.2) is 28.5 Å². The van der Waals surface area contributed by atoms with E-state index in [9.17, 15) is 19.2 Å². The number of hydrogen-bond acceptors (Lipinski definition) is 6. The summed E-state index contributed by atoms with van der Waals surface area (Å²) in [5.74, 6) is 0.482. The highest BCUT2D eigenvalue weighted by atomic mass is 16.5. The molecule has 8 nitrogen and oxygen atoms in total. The summed E-state index contributed by atoms with van der Waals surface area (Å²) in [5.41, 5.74) is 3.53. The molecular formula is C38H27N2O6. The van der Waals surface area contributed by atoms with Gasteiger partial charge < -0.3 is 9.47 Å². The predicted molar refractivity (Wildman–Crippen MR) is 171 cm³/mol. The Morgan fingerprint density at radius 1 is 0.500 bits per heavy atom. The maximum absolute atomic E-state index is 13.1. The van der Waals surface area contributed by atoms with Crippen molar-refractivity contribution in [2.75, 3.05) is 4.90 Å². The zero-order valence-electron chi connectivity index (χ0n) is 25.0. The van der Waals surface area contributed by atoms with Crippen molar-refractivity contribution >= 4 is 29.3 Å². The lowest BCUT2D eigenvalue weighted by atomic mass is 9.78.